The van der Waals surface area contributed by atoms with Crippen LogP contribution < -0.4 is 0 Å². The molecule has 0 aromatic carbocycles. The van der Waals surface area contributed by atoms with Gasteiger partial charge in [-0.2, -0.15) is 0 Å². The van der Waals surface area contributed by atoms with Gasteiger partial charge in [-0.05, 0) is 0 Å². The monoisotopic (exact) mass is 374 g/mol. The number of carbonyl (C=O) groups is 2. The van der Waals surface area contributed by atoms with Crippen molar-refractivity contribution in [1.82, 2.24) is 0 Å². The Morgan fingerprint density at radius 2 is 1.31 bits per heavy atom. The SMILES string of the molecule is O=C(O)C1(C(=O)O)OC=CO1.[Ag].[Ag]. The zero-order valence-electron chi connectivity index (χ0n) is 5.79. The molecule has 1 heterocycles. The van der Waals surface area contributed by atoms with Crippen LogP contribution in [-0.2, 0) is 63.8 Å². The maximum absolute atomic E-state index is 10.3. The molecule has 1 rings (SSSR count). The van der Waals surface area contributed by atoms with Crippen molar-refractivity contribution in [2.24, 2.45) is 0 Å². The van der Waals surface area contributed by atoms with Gasteiger partial charge in [-0.3, -0.25) is 0 Å². The van der Waals surface area contributed by atoms with E-state index in [9.17, 15) is 9.59 Å². The van der Waals surface area contributed by atoms with E-state index in [0.29, 0.717) is 0 Å². The minimum atomic E-state index is -2.58. The molecule has 82 valence electrons. The summed E-state index contributed by atoms with van der Waals surface area (Å²) in [5.41, 5.74) is 0. The summed E-state index contributed by atoms with van der Waals surface area (Å²) in [7, 11) is 0. The van der Waals surface area contributed by atoms with Crippen molar-refractivity contribution in [2.45, 2.75) is 5.79 Å². The van der Waals surface area contributed by atoms with Gasteiger partial charge < -0.3 is 19.7 Å². The normalized spacial score (nSPS) is 15.7. The molecule has 1 aliphatic rings. The summed E-state index contributed by atoms with van der Waals surface area (Å²) in [6.07, 6.45) is 1.73. The number of aliphatic carboxylic acids is 2. The molecule has 0 aliphatic carbocycles. The molecule has 8 heteroatoms. The maximum atomic E-state index is 10.3. The number of rotatable bonds is 2. The van der Waals surface area contributed by atoms with Gasteiger partial charge >= 0.3 is 17.7 Å². The zero-order chi connectivity index (χ0) is 8.48. The van der Waals surface area contributed by atoms with Crippen LogP contribution in [0.3, 0.4) is 0 Å². The van der Waals surface area contributed by atoms with E-state index in [2.05, 4.69) is 9.47 Å². The van der Waals surface area contributed by atoms with Gasteiger partial charge in [0, 0.05) is 44.8 Å². The number of carboxylic acids is 2. The predicted molar refractivity (Wildman–Crippen MR) is 29.3 cm³/mol. The van der Waals surface area contributed by atoms with Crippen LogP contribution >= 0.6 is 0 Å². The molecule has 2 N–H and O–H groups in total. The molecular weight excluding hydrogens is 372 g/mol. The fraction of sp³-hybridized carbons (Fsp3) is 0.200. The van der Waals surface area contributed by atoms with E-state index in [4.69, 9.17) is 10.2 Å². The summed E-state index contributed by atoms with van der Waals surface area (Å²) >= 11 is 0. The summed E-state index contributed by atoms with van der Waals surface area (Å²) in [6.45, 7) is 0. The molecule has 2 radical (unpaired) electrons. The van der Waals surface area contributed by atoms with E-state index in [-0.39, 0.29) is 44.8 Å². The molecule has 0 amide bonds. The summed E-state index contributed by atoms with van der Waals surface area (Å²) in [5.74, 6) is -5.98. The van der Waals surface area contributed by atoms with Crippen LogP contribution in [0.15, 0.2) is 12.5 Å². The first kappa shape index (κ1) is 15.2. The minimum absolute atomic E-state index is 0. The largest absolute Gasteiger partial charge is 0.475 e. The van der Waals surface area contributed by atoms with Crippen molar-refractivity contribution >= 4 is 11.9 Å². The number of ether oxygens (including phenoxy) is 2. The molecule has 0 fully saturated rings. The fourth-order valence-corrected chi connectivity index (χ4v) is 0.568. The van der Waals surface area contributed by atoms with E-state index in [0.717, 1.165) is 12.5 Å². The van der Waals surface area contributed by atoms with Crippen molar-refractivity contribution in [3.63, 3.8) is 0 Å². The first-order valence-corrected chi connectivity index (χ1v) is 2.57. The van der Waals surface area contributed by atoms with Crippen molar-refractivity contribution in [3.8, 4) is 0 Å². The average Bonchev–Trinajstić information content (AvgIpc) is 2.34. The third kappa shape index (κ3) is 2.60. The van der Waals surface area contributed by atoms with Gasteiger partial charge in [0.15, 0.2) is 0 Å². The second kappa shape index (κ2) is 5.48. The molecule has 0 unspecified atom stereocenters. The number of hydrogen-bond donors (Lipinski definition) is 2. The van der Waals surface area contributed by atoms with Crippen LogP contribution in [0.2, 0.25) is 0 Å². The summed E-state index contributed by atoms with van der Waals surface area (Å²) in [4.78, 5) is 20.6. The van der Waals surface area contributed by atoms with Crippen LogP contribution in [0, 0.1) is 0 Å². The molecule has 1 aliphatic heterocycles. The Morgan fingerprint density at radius 1 is 1.00 bits per heavy atom. The van der Waals surface area contributed by atoms with Gasteiger partial charge in [0.1, 0.15) is 12.5 Å². The number of hydrogen-bond acceptors (Lipinski definition) is 4. The quantitative estimate of drug-likeness (QED) is 0.493. The summed E-state index contributed by atoms with van der Waals surface area (Å²) < 4.78 is 8.52. The van der Waals surface area contributed by atoms with E-state index in [1.807, 2.05) is 0 Å². The Kier molecular flexibility index (Phi) is 6.43. The second-order valence-electron chi connectivity index (χ2n) is 1.73. The number of carboxylic acid groups (broad SMARTS) is 2. The topological polar surface area (TPSA) is 93.1 Å². The Labute approximate surface area is 104 Å². The first-order chi connectivity index (χ1) is 5.09. The Hall–Kier alpha value is -0.239. The second-order valence-corrected chi connectivity index (χ2v) is 1.73. The Morgan fingerprint density at radius 3 is 1.46 bits per heavy atom. The summed E-state index contributed by atoms with van der Waals surface area (Å²) in [6, 6.07) is 0. The van der Waals surface area contributed by atoms with Gasteiger partial charge in [-0.25, -0.2) is 9.59 Å². The Bertz CT molecular complexity index is 213. The average molecular weight is 376 g/mol. The van der Waals surface area contributed by atoms with Crippen LogP contribution in [-0.4, -0.2) is 27.9 Å². The zero-order valence-corrected chi connectivity index (χ0v) is 8.75. The van der Waals surface area contributed by atoms with Crippen molar-refractivity contribution in [2.75, 3.05) is 0 Å². The minimum Gasteiger partial charge on any atom is -0.475 e. The van der Waals surface area contributed by atoms with Gasteiger partial charge in [0.05, 0.1) is 0 Å². The third-order valence-electron chi connectivity index (χ3n) is 1.09. The van der Waals surface area contributed by atoms with Crippen LogP contribution in [0.1, 0.15) is 0 Å². The van der Waals surface area contributed by atoms with Crippen molar-refractivity contribution in [3.05, 3.63) is 12.5 Å². The Balaban J connectivity index is 0. The van der Waals surface area contributed by atoms with E-state index >= 15 is 0 Å². The van der Waals surface area contributed by atoms with Crippen LogP contribution in [0.5, 0.6) is 0 Å². The molecule has 13 heavy (non-hydrogen) atoms. The van der Waals surface area contributed by atoms with E-state index in [1.54, 1.807) is 0 Å². The van der Waals surface area contributed by atoms with E-state index in [1.165, 1.54) is 0 Å². The predicted octanol–water partition coefficient (Wildman–Crippen LogP) is -0.635. The molecule has 0 aromatic rings. The van der Waals surface area contributed by atoms with Gasteiger partial charge in [-0.15, -0.1) is 0 Å². The molecule has 0 aromatic heterocycles. The van der Waals surface area contributed by atoms with E-state index < -0.39 is 17.7 Å². The van der Waals surface area contributed by atoms with Gasteiger partial charge in [0.2, 0.25) is 0 Å². The third-order valence-corrected chi connectivity index (χ3v) is 1.09. The molecule has 0 saturated carbocycles. The first-order valence-electron chi connectivity index (χ1n) is 2.57. The smallest absolute Gasteiger partial charge is 0.452 e. The van der Waals surface area contributed by atoms with Gasteiger partial charge in [-0.1, -0.05) is 0 Å². The standard InChI is InChI=1S/C5H4O6.2Ag/c6-3(7)5(4(8)9)10-1-2-11-5;;/h1-2H,(H,6,7)(H,8,9);;. The van der Waals surface area contributed by atoms with Crippen molar-refractivity contribution < 1.29 is 74.0 Å². The molecule has 0 atom stereocenters. The molecular formula is C5H4Ag2O6. The van der Waals surface area contributed by atoms with Gasteiger partial charge in [0.25, 0.3) is 0 Å². The fourth-order valence-electron chi connectivity index (χ4n) is 0.568. The molecule has 0 spiro atoms. The van der Waals surface area contributed by atoms with Crippen molar-refractivity contribution in [1.29, 1.82) is 0 Å². The molecule has 6 nitrogen and oxygen atoms in total. The molecule has 0 saturated heterocycles. The summed E-state index contributed by atoms with van der Waals surface area (Å²) in [5, 5.41) is 16.7. The van der Waals surface area contributed by atoms with Crippen LogP contribution in [0.25, 0.3) is 0 Å². The molecule has 0 bridgehead atoms. The maximum Gasteiger partial charge on any atom is 0.452 e. The van der Waals surface area contributed by atoms with Crippen LogP contribution in [0.4, 0.5) is 0 Å².